The number of rotatable bonds is 6. The normalized spacial score (nSPS) is 11.6. The molecule has 0 amide bonds. The second-order valence-corrected chi connectivity index (χ2v) is 4.53. The zero-order valence-electron chi connectivity index (χ0n) is 11.3. The average Bonchev–Trinajstić information content (AvgIpc) is 2.34. The molecular formula is C15H21NO2. The standard InChI is InChI=1S/C15H21NO2/c1-4-16(12(2)3)11-14-8-6-5-7-13(14)9-10-15(17)18/h5-10,12H,4,11H2,1-3H3,(H,17,18)/b10-9+. The first-order valence-corrected chi connectivity index (χ1v) is 6.27. The Morgan fingerprint density at radius 1 is 1.39 bits per heavy atom. The van der Waals surface area contributed by atoms with Gasteiger partial charge in [-0.05, 0) is 37.6 Å². The van der Waals surface area contributed by atoms with E-state index in [0.717, 1.165) is 24.2 Å². The van der Waals surface area contributed by atoms with Gasteiger partial charge in [-0.1, -0.05) is 31.2 Å². The minimum Gasteiger partial charge on any atom is -0.478 e. The fourth-order valence-electron chi connectivity index (χ4n) is 1.88. The molecule has 0 aliphatic carbocycles. The van der Waals surface area contributed by atoms with E-state index < -0.39 is 5.97 Å². The molecule has 3 nitrogen and oxygen atoms in total. The van der Waals surface area contributed by atoms with Crippen molar-refractivity contribution in [2.24, 2.45) is 0 Å². The van der Waals surface area contributed by atoms with Gasteiger partial charge in [-0.15, -0.1) is 0 Å². The van der Waals surface area contributed by atoms with Crippen molar-refractivity contribution < 1.29 is 9.90 Å². The molecule has 0 aliphatic heterocycles. The van der Waals surface area contributed by atoms with E-state index in [1.807, 2.05) is 24.3 Å². The SMILES string of the molecule is CCN(Cc1ccccc1/C=C/C(=O)O)C(C)C. The number of nitrogens with zero attached hydrogens (tertiary/aromatic N) is 1. The third-order valence-corrected chi connectivity index (χ3v) is 2.97. The largest absolute Gasteiger partial charge is 0.478 e. The summed E-state index contributed by atoms with van der Waals surface area (Å²) in [7, 11) is 0. The maximum absolute atomic E-state index is 10.6. The first-order valence-electron chi connectivity index (χ1n) is 6.27. The molecular weight excluding hydrogens is 226 g/mol. The number of carbonyl (C=O) groups is 1. The molecule has 0 saturated carbocycles. The molecule has 98 valence electrons. The van der Waals surface area contributed by atoms with Crippen LogP contribution in [0, 0.1) is 0 Å². The van der Waals surface area contributed by atoms with Crippen LogP contribution in [-0.4, -0.2) is 28.6 Å². The number of carboxylic acid groups (broad SMARTS) is 1. The Labute approximate surface area is 109 Å². The van der Waals surface area contributed by atoms with Crippen LogP contribution in [0.15, 0.2) is 30.3 Å². The van der Waals surface area contributed by atoms with Gasteiger partial charge in [0.2, 0.25) is 0 Å². The summed E-state index contributed by atoms with van der Waals surface area (Å²) >= 11 is 0. The van der Waals surface area contributed by atoms with E-state index in [2.05, 4.69) is 25.7 Å². The molecule has 0 bridgehead atoms. The monoisotopic (exact) mass is 247 g/mol. The van der Waals surface area contributed by atoms with Crippen LogP contribution in [-0.2, 0) is 11.3 Å². The zero-order valence-corrected chi connectivity index (χ0v) is 11.3. The second-order valence-electron chi connectivity index (χ2n) is 4.53. The third kappa shape index (κ3) is 4.34. The highest BCUT2D eigenvalue weighted by molar-refractivity contribution is 5.85. The molecule has 0 heterocycles. The third-order valence-electron chi connectivity index (χ3n) is 2.97. The topological polar surface area (TPSA) is 40.5 Å². The van der Waals surface area contributed by atoms with Crippen molar-refractivity contribution >= 4 is 12.0 Å². The molecule has 0 unspecified atom stereocenters. The van der Waals surface area contributed by atoms with Gasteiger partial charge >= 0.3 is 5.97 Å². The van der Waals surface area contributed by atoms with Crippen LogP contribution in [0.3, 0.4) is 0 Å². The molecule has 0 saturated heterocycles. The van der Waals surface area contributed by atoms with Gasteiger partial charge in [0.05, 0.1) is 0 Å². The first kappa shape index (κ1) is 14.5. The fourth-order valence-corrected chi connectivity index (χ4v) is 1.88. The highest BCUT2D eigenvalue weighted by Crippen LogP contribution is 2.15. The van der Waals surface area contributed by atoms with Crippen LogP contribution in [0.5, 0.6) is 0 Å². The molecule has 1 N–H and O–H groups in total. The van der Waals surface area contributed by atoms with Gasteiger partial charge < -0.3 is 5.11 Å². The van der Waals surface area contributed by atoms with Crippen molar-refractivity contribution in [3.63, 3.8) is 0 Å². The lowest BCUT2D eigenvalue weighted by atomic mass is 10.1. The Morgan fingerprint density at radius 3 is 2.61 bits per heavy atom. The number of carboxylic acids is 1. The molecule has 0 aliphatic rings. The van der Waals surface area contributed by atoms with E-state index >= 15 is 0 Å². The number of hydrogen-bond acceptors (Lipinski definition) is 2. The lowest BCUT2D eigenvalue weighted by molar-refractivity contribution is -0.131. The average molecular weight is 247 g/mol. The lowest BCUT2D eigenvalue weighted by Gasteiger charge is -2.25. The van der Waals surface area contributed by atoms with Gasteiger partial charge in [0.15, 0.2) is 0 Å². The highest BCUT2D eigenvalue weighted by Gasteiger charge is 2.09. The highest BCUT2D eigenvalue weighted by atomic mass is 16.4. The van der Waals surface area contributed by atoms with Crippen LogP contribution in [0.4, 0.5) is 0 Å². The minimum atomic E-state index is -0.916. The van der Waals surface area contributed by atoms with Crippen LogP contribution in [0.2, 0.25) is 0 Å². The number of hydrogen-bond donors (Lipinski definition) is 1. The molecule has 0 radical (unpaired) electrons. The molecule has 3 heteroatoms. The minimum absolute atomic E-state index is 0.478. The van der Waals surface area contributed by atoms with Crippen LogP contribution in [0.25, 0.3) is 6.08 Å². The van der Waals surface area contributed by atoms with Crippen LogP contribution in [0.1, 0.15) is 31.9 Å². The summed E-state index contributed by atoms with van der Waals surface area (Å²) in [6, 6.07) is 8.39. The molecule has 1 aromatic carbocycles. The number of aliphatic carboxylic acids is 1. The maximum Gasteiger partial charge on any atom is 0.328 e. The van der Waals surface area contributed by atoms with Crippen molar-refractivity contribution in [2.75, 3.05) is 6.54 Å². The van der Waals surface area contributed by atoms with E-state index in [1.54, 1.807) is 6.08 Å². The lowest BCUT2D eigenvalue weighted by Crippen LogP contribution is -2.30. The Balaban J connectivity index is 2.91. The Bertz CT molecular complexity index is 424. The molecule has 18 heavy (non-hydrogen) atoms. The van der Waals surface area contributed by atoms with E-state index in [-0.39, 0.29) is 0 Å². The fraction of sp³-hybridized carbons (Fsp3) is 0.400. The summed E-state index contributed by atoms with van der Waals surface area (Å²) in [5, 5.41) is 8.68. The molecule has 0 atom stereocenters. The van der Waals surface area contributed by atoms with E-state index in [0.29, 0.717) is 6.04 Å². The summed E-state index contributed by atoms with van der Waals surface area (Å²) in [6.07, 6.45) is 2.84. The van der Waals surface area contributed by atoms with E-state index in [1.165, 1.54) is 6.08 Å². The van der Waals surface area contributed by atoms with Crippen molar-refractivity contribution in [1.29, 1.82) is 0 Å². The Hall–Kier alpha value is -1.61. The summed E-state index contributed by atoms with van der Waals surface area (Å²) in [6.45, 7) is 8.29. The van der Waals surface area contributed by atoms with Gasteiger partial charge in [0.25, 0.3) is 0 Å². The van der Waals surface area contributed by atoms with Crippen LogP contribution < -0.4 is 0 Å². The quantitative estimate of drug-likeness (QED) is 0.786. The summed E-state index contributed by atoms with van der Waals surface area (Å²) in [5.41, 5.74) is 2.13. The van der Waals surface area contributed by atoms with Crippen molar-refractivity contribution in [3.8, 4) is 0 Å². The molecule has 0 spiro atoms. The van der Waals surface area contributed by atoms with Gasteiger partial charge in [0, 0.05) is 18.7 Å². The van der Waals surface area contributed by atoms with Crippen LogP contribution >= 0.6 is 0 Å². The smallest absolute Gasteiger partial charge is 0.328 e. The summed E-state index contributed by atoms with van der Waals surface area (Å²) in [4.78, 5) is 12.9. The predicted octanol–water partition coefficient (Wildman–Crippen LogP) is 3.01. The van der Waals surface area contributed by atoms with Gasteiger partial charge in [-0.2, -0.15) is 0 Å². The van der Waals surface area contributed by atoms with Crippen molar-refractivity contribution in [2.45, 2.75) is 33.4 Å². The van der Waals surface area contributed by atoms with Gasteiger partial charge in [0.1, 0.15) is 0 Å². The molecule has 0 fully saturated rings. The van der Waals surface area contributed by atoms with Crippen molar-refractivity contribution in [1.82, 2.24) is 4.90 Å². The van der Waals surface area contributed by atoms with Gasteiger partial charge in [-0.25, -0.2) is 4.79 Å². The first-order chi connectivity index (χ1) is 8.54. The second kappa shape index (κ2) is 6.97. The zero-order chi connectivity index (χ0) is 13.5. The van der Waals surface area contributed by atoms with Crippen molar-refractivity contribution in [3.05, 3.63) is 41.5 Å². The molecule has 1 rings (SSSR count). The van der Waals surface area contributed by atoms with E-state index in [4.69, 9.17) is 5.11 Å². The Morgan fingerprint density at radius 2 is 2.06 bits per heavy atom. The van der Waals surface area contributed by atoms with Gasteiger partial charge in [-0.3, -0.25) is 4.90 Å². The molecule has 1 aromatic rings. The van der Waals surface area contributed by atoms with E-state index in [9.17, 15) is 4.79 Å². The number of benzene rings is 1. The summed E-state index contributed by atoms with van der Waals surface area (Å²) < 4.78 is 0. The predicted molar refractivity (Wildman–Crippen MR) is 74.3 cm³/mol. The molecule has 0 aromatic heterocycles. The Kier molecular flexibility index (Phi) is 5.59. The summed E-state index contributed by atoms with van der Waals surface area (Å²) in [5.74, 6) is -0.916. The maximum atomic E-state index is 10.6.